The van der Waals surface area contributed by atoms with Crippen LogP contribution >= 0.6 is 22.9 Å². The van der Waals surface area contributed by atoms with Crippen LogP contribution in [0.5, 0.6) is 5.75 Å². The Hall–Kier alpha value is -3.36. The van der Waals surface area contributed by atoms with Gasteiger partial charge in [-0.2, -0.15) is 0 Å². The molecule has 0 saturated heterocycles. The lowest BCUT2D eigenvalue weighted by Crippen LogP contribution is -2.40. The van der Waals surface area contributed by atoms with Crippen LogP contribution < -0.4 is 16.6 Å². The van der Waals surface area contributed by atoms with Gasteiger partial charge >= 0.3 is 5.69 Å². The van der Waals surface area contributed by atoms with Gasteiger partial charge in [0.15, 0.2) is 0 Å². The number of fused-ring (bicyclic) bond motifs is 1. The molecule has 4 rings (SSSR count). The zero-order chi connectivity index (χ0) is 22.3. The second-order valence-electron chi connectivity index (χ2n) is 7.05. The Bertz CT molecular complexity index is 1450. The number of phenols is 1. The van der Waals surface area contributed by atoms with Crippen molar-refractivity contribution in [3.05, 3.63) is 84.8 Å². The Labute approximate surface area is 185 Å². The molecule has 2 N–H and O–H groups in total. The minimum Gasteiger partial charge on any atom is -0.508 e. The second kappa shape index (κ2) is 8.05. The van der Waals surface area contributed by atoms with Gasteiger partial charge in [0.05, 0.1) is 11.1 Å². The molecule has 0 aliphatic carbocycles. The lowest BCUT2D eigenvalue weighted by Gasteiger charge is -2.13. The van der Waals surface area contributed by atoms with Crippen molar-refractivity contribution in [2.24, 2.45) is 0 Å². The van der Waals surface area contributed by atoms with E-state index in [1.807, 2.05) is 13.8 Å². The molecular weight excluding hydrogens is 438 g/mol. The zero-order valence-electron chi connectivity index (χ0n) is 16.7. The molecule has 0 atom stereocenters. The first-order valence-corrected chi connectivity index (χ1v) is 10.6. The quantitative estimate of drug-likeness (QED) is 0.489. The fourth-order valence-corrected chi connectivity index (χ4v) is 4.69. The molecule has 0 aliphatic rings. The first-order chi connectivity index (χ1) is 14.8. The summed E-state index contributed by atoms with van der Waals surface area (Å²) in [5, 5.41) is 13.0. The van der Waals surface area contributed by atoms with E-state index in [0.717, 1.165) is 15.0 Å². The number of hydrogen-bond acceptors (Lipinski definition) is 5. The molecule has 0 fully saturated rings. The fraction of sp³-hybridized carbons (Fsp3) is 0.136. The number of rotatable bonds is 4. The van der Waals surface area contributed by atoms with E-state index in [4.69, 9.17) is 11.6 Å². The topological polar surface area (TPSA) is 93.3 Å². The van der Waals surface area contributed by atoms with Crippen LogP contribution in [0.25, 0.3) is 15.9 Å². The molecule has 4 aromatic rings. The number of aryl methyl sites for hydroxylation is 2. The van der Waals surface area contributed by atoms with Crippen LogP contribution in [-0.4, -0.2) is 20.1 Å². The summed E-state index contributed by atoms with van der Waals surface area (Å²) in [6, 6.07) is 12.6. The summed E-state index contributed by atoms with van der Waals surface area (Å²) < 4.78 is 2.33. The molecule has 31 heavy (non-hydrogen) atoms. The molecule has 2 aromatic heterocycles. The summed E-state index contributed by atoms with van der Waals surface area (Å²) in [6.45, 7) is 3.38. The number of halogens is 1. The average Bonchev–Trinajstić information content (AvgIpc) is 3.00. The lowest BCUT2D eigenvalue weighted by atomic mass is 10.2. The van der Waals surface area contributed by atoms with Crippen LogP contribution in [0.1, 0.15) is 10.4 Å². The molecule has 9 heteroatoms. The van der Waals surface area contributed by atoms with Gasteiger partial charge in [0.2, 0.25) is 5.91 Å². The van der Waals surface area contributed by atoms with Crippen molar-refractivity contribution in [3.8, 4) is 11.4 Å². The number of benzene rings is 2. The summed E-state index contributed by atoms with van der Waals surface area (Å²) in [5.74, 6) is -0.453. The number of carbonyl (C=O) groups excluding carboxylic acids is 1. The maximum absolute atomic E-state index is 13.3. The second-order valence-corrected chi connectivity index (χ2v) is 8.69. The standard InChI is InChI=1S/C22H18ClN3O4S/c1-12-13(2)31-21-19(12)20(29)26(16-7-3-5-14(23)9-16)22(30)25(21)11-18(28)24-15-6-4-8-17(27)10-15/h3-10,27H,11H2,1-2H3,(H,24,28). The molecule has 2 heterocycles. The number of nitrogens with zero attached hydrogens (tertiary/aromatic N) is 2. The van der Waals surface area contributed by atoms with Crippen LogP contribution in [0.15, 0.2) is 58.1 Å². The van der Waals surface area contributed by atoms with Gasteiger partial charge in [-0.15, -0.1) is 11.3 Å². The third kappa shape index (κ3) is 3.87. The minimum absolute atomic E-state index is 0.0105. The molecule has 2 aromatic carbocycles. The number of amides is 1. The van der Waals surface area contributed by atoms with Crippen molar-refractivity contribution < 1.29 is 9.90 Å². The first kappa shape index (κ1) is 20.9. The van der Waals surface area contributed by atoms with Gasteiger partial charge in [-0.1, -0.05) is 23.7 Å². The van der Waals surface area contributed by atoms with E-state index in [2.05, 4.69) is 5.32 Å². The maximum atomic E-state index is 13.3. The lowest BCUT2D eigenvalue weighted by molar-refractivity contribution is -0.116. The normalized spacial score (nSPS) is 11.1. The van der Waals surface area contributed by atoms with Crippen molar-refractivity contribution in [2.75, 3.05) is 5.32 Å². The highest BCUT2D eigenvalue weighted by molar-refractivity contribution is 7.18. The monoisotopic (exact) mass is 455 g/mol. The number of aromatic nitrogens is 2. The molecule has 1 amide bonds. The number of carbonyl (C=O) groups is 1. The molecule has 0 unspecified atom stereocenters. The van der Waals surface area contributed by atoms with Gasteiger partial charge < -0.3 is 10.4 Å². The van der Waals surface area contributed by atoms with E-state index < -0.39 is 17.2 Å². The van der Waals surface area contributed by atoms with Crippen molar-refractivity contribution in [3.63, 3.8) is 0 Å². The van der Waals surface area contributed by atoms with Gasteiger partial charge in [-0.05, 0) is 49.7 Å². The van der Waals surface area contributed by atoms with Crippen molar-refractivity contribution in [1.29, 1.82) is 0 Å². The average molecular weight is 456 g/mol. The highest BCUT2D eigenvalue weighted by atomic mass is 35.5. The minimum atomic E-state index is -0.632. The fourth-order valence-electron chi connectivity index (χ4n) is 3.37. The number of nitrogens with one attached hydrogen (secondary N) is 1. The van der Waals surface area contributed by atoms with Crippen LogP contribution in [0, 0.1) is 13.8 Å². The zero-order valence-corrected chi connectivity index (χ0v) is 18.3. The largest absolute Gasteiger partial charge is 0.508 e. The molecular formula is C22H18ClN3O4S. The third-order valence-corrected chi connectivity index (χ3v) is 6.41. The summed E-state index contributed by atoms with van der Waals surface area (Å²) in [6.07, 6.45) is 0. The highest BCUT2D eigenvalue weighted by Crippen LogP contribution is 2.27. The summed E-state index contributed by atoms with van der Waals surface area (Å²) in [4.78, 5) is 40.6. The Balaban J connectivity index is 1.88. The predicted octanol–water partition coefficient (Wildman–Crippen LogP) is 3.83. The Kier molecular flexibility index (Phi) is 5.43. The molecule has 0 aliphatic heterocycles. The summed E-state index contributed by atoms with van der Waals surface area (Å²) in [5.41, 5.74) is 0.412. The number of hydrogen-bond donors (Lipinski definition) is 2. The van der Waals surface area contributed by atoms with E-state index >= 15 is 0 Å². The number of thiophene rings is 1. The van der Waals surface area contributed by atoms with E-state index in [0.29, 0.717) is 26.6 Å². The van der Waals surface area contributed by atoms with Crippen LogP contribution in [0.2, 0.25) is 5.02 Å². The maximum Gasteiger partial charge on any atom is 0.337 e. The van der Waals surface area contributed by atoms with E-state index in [1.54, 1.807) is 30.3 Å². The predicted molar refractivity (Wildman–Crippen MR) is 123 cm³/mol. The summed E-state index contributed by atoms with van der Waals surface area (Å²) >= 11 is 7.37. The molecule has 0 radical (unpaired) electrons. The third-order valence-electron chi connectivity index (χ3n) is 4.95. The number of aromatic hydroxyl groups is 1. The van der Waals surface area contributed by atoms with Gasteiger partial charge in [-0.3, -0.25) is 14.2 Å². The smallest absolute Gasteiger partial charge is 0.337 e. The number of anilines is 1. The van der Waals surface area contributed by atoms with Crippen molar-refractivity contribution in [1.82, 2.24) is 9.13 Å². The van der Waals surface area contributed by atoms with Crippen molar-refractivity contribution >= 4 is 44.7 Å². The Morgan fingerprint density at radius 2 is 1.87 bits per heavy atom. The molecule has 158 valence electrons. The first-order valence-electron chi connectivity index (χ1n) is 9.36. The molecule has 0 bridgehead atoms. The molecule has 0 spiro atoms. The van der Waals surface area contributed by atoms with E-state index in [1.165, 1.54) is 34.1 Å². The Morgan fingerprint density at radius 3 is 2.58 bits per heavy atom. The van der Waals surface area contributed by atoms with E-state index in [9.17, 15) is 19.5 Å². The van der Waals surface area contributed by atoms with Crippen LogP contribution in [-0.2, 0) is 11.3 Å². The number of phenolic OH excluding ortho intramolecular Hbond substituents is 1. The van der Waals surface area contributed by atoms with Crippen LogP contribution in [0.4, 0.5) is 5.69 Å². The van der Waals surface area contributed by atoms with Crippen molar-refractivity contribution in [2.45, 2.75) is 20.4 Å². The SMILES string of the molecule is Cc1sc2c(c1C)c(=O)n(-c1cccc(Cl)c1)c(=O)n2CC(=O)Nc1cccc(O)c1. The highest BCUT2D eigenvalue weighted by Gasteiger charge is 2.21. The van der Waals surface area contributed by atoms with E-state index in [-0.39, 0.29) is 12.3 Å². The molecule has 7 nitrogen and oxygen atoms in total. The van der Waals surface area contributed by atoms with Gasteiger partial charge in [-0.25, -0.2) is 9.36 Å². The summed E-state index contributed by atoms with van der Waals surface area (Å²) in [7, 11) is 0. The van der Waals surface area contributed by atoms with Crippen LogP contribution in [0.3, 0.4) is 0 Å². The van der Waals surface area contributed by atoms with Gasteiger partial charge in [0.1, 0.15) is 17.1 Å². The Morgan fingerprint density at radius 1 is 1.13 bits per heavy atom. The molecule has 0 saturated carbocycles. The van der Waals surface area contributed by atoms with Gasteiger partial charge in [0.25, 0.3) is 5.56 Å². The van der Waals surface area contributed by atoms with Gasteiger partial charge in [0, 0.05) is 21.7 Å².